The monoisotopic (exact) mass is 476 g/mol. The first-order valence-electron chi connectivity index (χ1n) is 11.3. The molecule has 1 atom stereocenters. The lowest BCUT2D eigenvalue weighted by atomic mass is 9.92. The molecule has 10 heteroatoms. The molecule has 0 spiro atoms. The van der Waals surface area contributed by atoms with Gasteiger partial charge in [0.15, 0.2) is 0 Å². The van der Waals surface area contributed by atoms with Gasteiger partial charge in [0.1, 0.15) is 18.3 Å². The summed E-state index contributed by atoms with van der Waals surface area (Å²) in [5.41, 5.74) is -0.467. The maximum atomic E-state index is 12.7. The Morgan fingerprint density at radius 2 is 1.91 bits per heavy atom. The van der Waals surface area contributed by atoms with Gasteiger partial charge >= 0.3 is 5.97 Å². The van der Waals surface area contributed by atoms with Gasteiger partial charge in [0.05, 0.1) is 6.61 Å². The molecule has 1 aromatic rings. The van der Waals surface area contributed by atoms with Gasteiger partial charge < -0.3 is 25.3 Å². The van der Waals surface area contributed by atoms with Crippen LogP contribution in [0.15, 0.2) is 35.3 Å². The number of hydrogen-bond donors (Lipinski definition) is 3. The molecule has 0 bridgehead atoms. The van der Waals surface area contributed by atoms with Gasteiger partial charge in [-0.2, -0.15) is 0 Å². The van der Waals surface area contributed by atoms with Crippen molar-refractivity contribution in [2.24, 2.45) is 5.41 Å². The zero-order valence-corrected chi connectivity index (χ0v) is 20.6. The van der Waals surface area contributed by atoms with Crippen LogP contribution in [0.25, 0.3) is 0 Å². The number of carbonyl (C=O) groups excluding carboxylic acids is 4. The van der Waals surface area contributed by atoms with Crippen molar-refractivity contribution in [2.45, 2.75) is 66.5 Å². The number of ether oxygens (including phenoxy) is 1. The molecular formula is C24H36N4O6. The van der Waals surface area contributed by atoms with E-state index in [1.165, 1.54) is 29.8 Å². The number of amides is 3. The van der Waals surface area contributed by atoms with E-state index in [4.69, 9.17) is 4.74 Å². The Kier molecular flexibility index (Phi) is 11.8. The lowest BCUT2D eigenvalue weighted by Crippen LogP contribution is -2.44. The Hall–Kier alpha value is -3.43. The van der Waals surface area contributed by atoms with Gasteiger partial charge in [0, 0.05) is 25.7 Å². The van der Waals surface area contributed by atoms with Gasteiger partial charge in [-0.25, -0.2) is 4.79 Å². The molecule has 1 heterocycles. The van der Waals surface area contributed by atoms with Crippen molar-refractivity contribution in [3.8, 4) is 0 Å². The average molecular weight is 477 g/mol. The molecular weight excluding hydrogens is 440 g/mol. The lowest BCUT2D eigenvalue weighted by Gasteiger charge is -2.18. The summed E-state index contributed by atoms with van der Waals surface area (Å²) in [6, 6.07) is 2.06. The minimum Gasteiger partial charge on any atom is -0.463 e. The molecule has 0 saturated carbocycles. The minimum atomic E-state index is -0.918. The normalized spacial score (nSPS) is 12.1. The molecule has 0 radical (unpaired) electrons. The SMILES string of the molecule is CCOC(=O)/C=C/CC[C@H](NC(C)=O)C(=O)Nc1cccn(CC(=O)NCCC(C)(C)C)c1=O. The van der Waals surface area contributed by atoms with Crippen LogP contribution in [-0.2, 0) is 30.5 Å². The van der Waals surface area contributed by atoms with E-state index < -0.39 is 29.4 Å². The third-order valence-electron chi connectivity index (χ3n) is 4.65. The molecule has 3 N–H and O–H groups in total. The van der Waals surface area contributed by atoms with E-state index in [9.17, 15) is 24.0 Å². The maximum absolute atomic E-state index is 12.7. The molecule has 188 valence electrons. The summed E-state index contributed by atoms with van der Waals surface area (Å²) in [6.07, 6.45) is 5.60. The number of nitrogens with zero attached hydrogens (tertiary/aromatic N) is 1. The van der Waals surface area contributed by atoms with Gasteiger partial charge in [0.2, 0.25) is 17.7 Å². The van der Waals surface area contributed by atoms with Crippen LogP contribution in [0.3, 0.4) is 0 Å². The summed E-state index contributed by atoms with van der Waals surface area (Å²) >= 11 is 0. The first-order chi connectivity index (χ1) is 15.9. The first-order valence-corrected chi connectivity index (χ1v) is 11.3. The predicted octanol–water partition coefficient (Wildman–Crippen LogP) is 1.74. The van der Waals surface area contributed by atoms with Crippen molar-refractivity contribution >= 4 is 29.4 Å². The number of allylic oxidation sites excluding steroid dienone is 1. The molecule has 0 aromatic carbocycles. The Balaban J connectivity index is 2.79. The molecule has 0 aliphatic rings. The Morgan fingerprint density at radius 1 is 1.21 bits per heavy atom. The van der Waals surface area contributed by atoms with Crippen molar-refractivity contribution in [1.82, 2.24) is 15.2 Å². The molecule has 34 heavy (non-hydrogen) atoms. The van der Waals surface area contributed by atoms with Crippen LogP contribution >= 0.6 is 0 Å². The number of carbonyl (C=O) groups is 4. The van der Waals surface area contributed by atoms with Crippen molar-refractivity contribution in [3.63, 3.8) is 0 Å². The second kappa shape index (κ2) is 14.0. The largest absolute Gasteiger partial charge is 0.463 e. The van der Waals surface area contributed by atoms with Crippen LogP contribution < -0.4 is 21.5 Å². The number of anilines is 1. The van der Waals surface area contributed by atoms with Gasteiger partial charge in [-0.05, 0) is 43.7 Å². The molecule has 0 aliphatic carbocycles. The van der Waals surface area contributed by atoms with E-state index in [1.54, 1.807) is 19.1 Å². The van der Waals surface area contributed by atoms with E-state index >= 15 is 0 Å². The molecule has 0 aliphatic heterocycles. The van der Waals surface area contributed by atoms with Gasteiger partial charge in [-0.3, -0.25) is 19.2 Å². The summed E-state index contributed by atoms with van der Waals surface area (Å²) in [4.78, 5) is 60.6. The highest BCUT2D eigenvalue weighted by atomic mass is 16.5. The highest BCUT2D eigenvalue weighted by Gasteiger charge is 2.20. The average Bonchev–Trinajstić information content (AvgIpc) is 2.72. The van der Waals surface area contributed by atoms with E-state index in [0.717, 1.165) is 6.42 Å². The summed E-state index contributed by atoms with van der Waals surface area (Å²) in [6.45, 7) is 9.76. The van der Waals surface area contributed by atoms with Crippen LogP contribution in [0, 0.1) is 5.41 Å². The maximum Gasteiger partial charge on any atom is 0.330 e. The topological polar surface area (TPSA) is 136 Å². The van der Waals surface area contributed by atoms with Crippen LogP contribution in [0.5, 0.6) is 0 Å². The highest BCUT2D eigenvalue weighted by Crippen LogP contribution is 2.16. The van der Waals surface area contributed by atoms with E-state index in [0.29, 0.717) is 13.0 Å². The fourth-order valence-corrected chi connectivity index (χ4v) is 2.91. The van der Waals surface area contributed by atoms with Gasteiger partial charge in [-0.1, -0.05) is 26.8 Å². The summed E-state index contributed by atoms with van der Waals surface area (Å²) < 4.78 is 5.99. The fraction of sp³-hybridized carbons (Fsp3) is 0.542. The second-order valence-corrected chi connectivity index (χ2v) is 8.99. The van der Waals surface area contributed by atoms with Crippen molar-refractivity contribution in [1.29, 1.82) is 0 Å². The third-order valence-corrected chi connectivity index (χ3v) is 4.65. The van der Waals surface area contributed by atoms with Crippen LogP contribution in [0.2, 0.25) is 0 Å². The van der Waals surface area contributed by atoms with Crippen LogP contribution in [0.1, 0.15) is 53.9 Å². The smallest absolute Gasteiger partial charge is 0.330 e. The Labute approximate surface area is 200 Å². The number of aromatic nitrogens is 1. The zero-order valence-electron chi connectivity index (χ0n) is 20.6. The summed E-state index contributed by atoms with van der Waals surface area (Å²) in [5.74, 6) is -1.79. The predicted molar refractivity (Wildman–Crippen MR) is 129 cm³/mol. The Bertz CT molecular complexity index is 946. The molecule has 10 nitrogen and oxygen atoms in total. The Morgan fingerprint density at radius 3 is 2.53 bits per heavy atom. The van der Waals surface area contributed by atoms with E-state index in [2.05, 4.69) is 36.7 Å². The van der Waals surface area contributed by atoms with Crippen molar-refractivity contribution in [3.05, 3.63) is 40.8 Å². The van der Waals surface area contributed by atoms with Crippen molar-refractivity contribution in [2.75, 3.05) is 18.5 Å². The number of nitrogens with one attached hydrogen (secondary N) is 3. The quantitative estimate of drug-likeness (QED) is 0.311. The third kappa shape index (κ3) is 11.4. The van der Waals surface area contributed by atoms with Gasteiger partial charge in [0.25, 0.3) is 5.56 Å². The zero-order chi connectivity index (χ0) is 25.7. The standard InChI is InChI=1S/C24H36N4O6/c1-6-34-21(31)12-8-7-10-18(26-17(2)29)22(32)27-19-11-9-15-28(23(19)33)16-20(30)25-14-13-24(3,4)5/h8-9,11-12,15,18H,6-7,10,13-14,16H2,1-5H3,(H,25,30)(H,26,29)(H,27,32)/b12-8+/t18-/m0/s1. The van der Waals surface area contributed by atoms with Crippen molar-refractivity contribution < 1.29 is 23.9 Å². The number of hydrogen-bond acceptors (Lipinski definition) is 6. The van der Waals surface area contributed by atoms with Crippen LogP contribution in [0.4, 0.5) is 5.69 Å². The molecule has 1 aromatic heterocycles. The molecule has 0 unspecified atom stereocenters. The summed E-state index contributed by atoms with van der Waals surface area (Å²) in [7, 11) is 0. The number of rotatable bonds is 12. The van der Waals surface area contributed by atoms with E-state index in [-0.39, 0.29) is 36.6 Å². The molecule has 0 fully saturated rings. The number of esters is 1. The first kappa shape index (κ1) is 28.6. The lowest BCUT2D eigenvalue weighted by molar-refractivity contribution is -0.137. The van der Waals surface area contributed by atoms with Gasteiger partial charge in [-0.15, -0.1) is 0 Å². The number of pyridine rings is 1. The summed E-state index contributed by atoms with van der Waals surface area (Å²) in [5, 5.41) is 7.86. The fourth-order valence-electron chi connectivity index (χ4n) is 2.91. The van der Waals surface area contributed by atoms with Crippen LogP contribution in [-0.4, -0.2) is 47.5 Å². The molecule has 3 amide bonds. The second-order valence-electron chi connectivity index (χ2n) is 8.99. The van der Waals surface area contributed by atoms with E-state index in [1.807, 2.05) is 0 Å². The highest BCUT2D eigenvalue weighted by molar-refractivity contribution is 5.96. The molecule has 0 saturated heterocycles. The minimum absolute atomic E-state index is 0.00703. The molecule has 1 rings (SSSR count).